The molecule has 2 aromatic carbocycles. The van der Waals surface area contributed by atoms with E-state index in [0.717, 1.165) is 18.8 Å². The lowest BCUT2D eigenvalue weighted by Gasteiger charge is -2.37. The minimum absolute atomic E-state index is 0.463. The Kier molecular flexibility index (Phi) is 5.92. The molecule has 24 heavy (non-hydrogen) atoms. The highest BCUT2D eigenvalue weighted by molar-refractivity contribution is 5.37. The lowest BCUT2D eigenvalue weighted by molar-refractivity contribution is 0.0814. The molecule has 0 spiro atoms. The second kappa shape index (κ2) is 8.34. The Morgan fingerprint density at radius 2 is 1.79 bits per heavy atom. The number of likely N-dealkylation sites (tertiary alicyclic amines) is 1. The van der Waals surface area contributed by atoms with Gasteiger partial charge in [0.05, 0.1) is 0 Å². The zero-order chi connectivity index (χ0) is 16.8. The van der Waals surface area contributed by atoms with Gasteiger partial charge in [-0.25, -0.2) is 0 Å². The Morgan fingerprint density at radius 1 is 1.04 bits per heavy atom. The molecule has 0 aliphatic carbocycles. The number of hydrogen-bond donors (Lipinski definition) is 0. The molecule has 1 aliphatic heterocycles. The summed E-state index contributed by atoms with van der Waals surface area (Å²) in [7, 11) is 0. The van der Waals surface area contributed by atoms with Crippen molar-refractivity contribution in [1.29, 1.82) is 0 Å². The van der Waals surface area contributed by atoms with Crippen LogP contribution in [0.2, 0.25) is 0 Å². The molecule has 2 nitrogen and oxygen atoms in total. The number of rotatable bonds is 6. The lowest BCUT2D eigenvalue weighted by atomic mass is 10.0. The Balaban J connectivity index is 1.63. The van der Waals surface area contributed by atoms with E-state index in [1.54, 1.807) is 0 Å². The van der Waals surface area contributed by atoms with E-state index >= 15 is 0 Å². The number of nitrogens with zero attached hydrogens (tertiary/aromatic N) is 1. The number of para-hydroxylation sites is 1. The van der Waals surface area contributed by atoms with Crippen LogP contribution in [0.15, 0.2) is 54.6 Å². The first-order valence-electron chi connectivity index (χ1n) is 9.24. The second-order valence-corrected chi connectivity index (χ2v) is 7.01. The van der Waals surface area contributed by atoms with Crippen molar-refractivity contribution in [2.24, 2.45) is 0 Å². The molecule has 0 amide bonds. The van der Waals surface area contributed by atoms with Gasteiger partial charge >= 0.3 is 0 Å². The number of ether oxygens (including phenoxy) is 1. The SMILES string of the molecule is C[C@H]1CCCCN1[C@@H](C)COc1ccccc1Cc1ccccc1. The van der Waals surface area contributed by atoms with Gasteiger partial charge in [0.1, 0.15) is 12.4 Å². The highest BCUT2D eigenvalue weighted by Gasteiger charge is 2.23. The summed E-state index contributed by atoms with van der Waals surface area (Å²) < 4.78 is 6.23. The maximum absolute atomic E-state index is 6.23. The molecule has 1 aliphatic rings. The summed E-state index contributed by atoms with van der Waals surface area (Å²) in [6.07, 6.45) is 4.92. The van der Waals surface area contributed by atoms with Crippen LogP contribution in [0.3, 0.4) is 0 Å². The molecule has 1 heterocycles. The Morgan fingerprint density at radius 3 is 2.58 bits per heavy atom. The Hall–Kier alpha value is -1.80. The average Bonchev–Trinajstić information content (AvgIpc) is 2.62. The van der Waals surface area contributed by atoms with Crippen LogP contribution in [0.1, 0.15) is 44.2 Å². The van der Waals surface area contributed by atoms with Crippen LogP contribution >= 0.6 is 0 Å². The molecule has 0 aromatic heterocycles. The Bertz CT molecular complexity index is 625. The molecule has 0 bridgehead atoms. The first-order chi connectivity index (χ1) is 11.7. The minimum atomic E-state index is 0.463. The van der Waals surface area contributed by atoms with Crippen LogP contribution in [-0.4, -0.2) is 30.1 Å². The van der Waals surface area contributed by atoms with Crippen LogP contribution in [0.25, 0.3) is 0 Å². The normalized spacial score (nSPS) is 19.8. The van der Waals surface area contributed by atoms with E-state index in [1.165, 1.54) is 36.9 Å². The van der Waals surface area contributed by atoms with Crippen molar-refractivity contribution in [3.05, 3.63) is 65.7 Å². The van der Waals surface area contributed by atoms with Crippen LogP contribution in [0, 0.1) is 0 Å². The fourth-order valence-corrected chi connectivity index (χ4v) is 3.69. The van der Waals surface area contributed by atoms with Gasteiger partial charge in [-0.15, -0.1) is 0 Å². The molecule has 2 heteroatoms. The molecule has 0 saturated carbocycles. The van der Waals surface area contributed by atoms with Crippen molar-refractivity contribution < 1.29 is 4.74 Å². The molecule has 0 unspecified atom stereocenters. The first-order valence-corrected chi connectivity index (χ1v) is 9.24. The van der Waals surface area contributed by atoms with Crippen LogP contribution < -0.4 is 4.74 Å². The molecule has 3 rings (SSSR count). The van der Waals surface area contributed by atoms with Gasteiger partial charge in [-0.2, -0.15) is 0 Å². The van der Waals surface area contributed by atoms with E-state index in [-0.39, 0.29) is 0 Å². The zero-order valence-corrected chi connectivity index (χ0v) is 14.9. The molecule has 1 saturated heterocycles. The summed E-state index contributed by atoms with van der Waals surface area (Å²) in [5, 5.41) is 0. The van der Waals surface area contributed by atoms with Crippen molar-refractivity contribution in [2.75, 3.05) is 13.2 Å². The van der Waals surface area contributed by atoms with Gasteiger partial charge in [0, 0.05) is 18.5 Å². The second-order valence-electron chi connectivity index (χ2n) is 7.01. The number of hydrogen-bond acceptors (Lipinski definition) is 2. The summed E-state index contributed by atoms with van der Waals surface area (Å²) in [5.41, 5.74) is 2.59. The quantitative estimate of drug-likeness (QED) is 0.748. The van der Waals surface area contributed by atoms with E-state index in [1.807, 2.05) is 0 Å². The van der Waals surface area contributed by atoms with Crippen molar-refractivity contribution in [2.45, 2.75) is 51.6 Å². The molecule has 2 aromatic rings. The van der Waals surface area contributed by atoms with Crippen molar-refractivity contribution >= 4 is 0 Å². The first kappa shape index (κ1) is 17.0. The maximum atomic E-state index is 6.23. The van der Waals surface area contributed by atoms with E-state index in [4.69, 9.17) is 4.74 Å². The predicted molar refractivity (Wildman–Crippen MR) is 101 cm³/mol. The molecule has 2 atom stereocenters. The van der Waals surface area contributed by atoms with Gasteiger partial charge in [-0.3, -0.25) is 4.90 Å². The molecule has 0 N–H and O–H groups in total. The lowest BCUT2D eigenvalue weighted by Crippen LogP contribution is -2.46. The van der Waals surface area contributed by atoms with Gasteiger partial charge in [0.25, 0.3) is 0 Å². The van der Waals surface area contributed by atoms with Crippen molar-refractivity contribution in [1.82, 2.24) is 4.90 Å². The third-order valence-electron chi connectivity index (χ3n) is 5.11. The van der Waals surface area contributed by atoms with Crippen LogP contribution in [0.4, 0.5) is 0 Å². The van der Waals surface area contributed by atoms with E-state index < -0.39 is 0 Å². The van der Waals surface area contributed by atoms with Crippen molar-refractivity contribution in [3.63, 3.8) is 0 Å². The predicted octanol–water partition coefficient (Wildman–Crippen LogP) is 4.92. The van der Waals surface area contributed by atoms with Gasteiger partial charge < -0.3 is 4.74 Å². The molecule has 128 valence electrons. The van der Waals surface area contributed by atoms with E-state index in [9.17, 15) is 0 Å². The fourth-order valence-electron chi connectivity index (χ4n) is 3.69. The molecular weight excluding hydrogens is 294 g/mol. The summed E-state index contributed by atoms with van der Waals surface area (Å²) >= 11 is 0. The third-order valence-corrected chi connectivity index (χ3v) is 5.11. The van der Waals surface area contributed by atoms with E-state index in [2.05, 4.69) is 73.3 Å². The smallest absolute Gasteiger partial charge is 0.122 e. The van der Waals surface area contributed by atoms with Crippen LogP contribution in [0.5, 0.6) is 5.75 Å². The van der Waals surface area contributed by atoms with Crippen LogP contribution in [-0.2, 0) is 6.42 Å². The molecule has 1 fully saturated rings. The molecule has 0 radical (unpaired) electrons. The largest absolute Gasteiger partial charge is 0.492 e. The number of piperidine rings is 1. The van der Waals surface area contributed by atoms with Gasteiger partial charge in [0.2, 0.25) is 0 Å². The minimum Gasteiger partial charge on any atom is -0.492 e. The fraction of sp³-hybridized carbons (Fsp3) is 0.455. The third kappa shape index (κ3) is 4.39. The zero-order valence-electron chi connectivity index (χ0n) is 14.9. The topological polar surface area (TPSA) is 12.5 Å². The maximum Gasteiger partial charge on any atom is 0.122 e. The van der Waals surface area contributed by atoms with Crippen molar-refractivity contribution in [3.8, 4) is 5.75 Å². The average molecular weight is 323 g/mol. The monoisotopic (exact) mass is 323 g/mol. The molecular formula is C22H29NO. The summed E-state index contributed by atoms with van der Waals surface area (Å²) in [6, 6.07) is 20.2. The highest BCUT2D eigenvalue weighted by atomic mass is 16.5. The van der Waals surface area contributed by atoms with Gasteiger partial charge in [0.15, 0.2) is 0 Å². The van der Waals surface area contributed by atoms with Gasteiger partial charge in [-0.05, 0) is 50.4 Å². The summed E-state index contributed by atoms with van der Waals surface area (Å²) in [5.74, 6) is 1.03. The standard InChI is InChI=1S/C22H29NO/c1-18-10-8-9-15-23(18)19(2)17-24-22-14-7-6-13-21(22)16-20-11-4-3-5-12-20/h3-7,11-14,18-19H,8-10,15-17H2,1-2H3/t18-,19-/m0/s1. The summed E-state index contributed by atoms with van der Waals surface area (Å²) in [6.45, 7) is 6.61. The van der Waals surface area contributed by atoms with E-state index in [0.29, 0.717) is 12.1 Å². The Labute approximate surface area is 146 Å². The number of benzene rings is 2. The summed E-state index contributed by atoms with van der Waals surface area (Å²) in [4.78, 5) is 2.60. The van der Waals surface area contributed by atoms with Gasteiger partial charge in [-0.1, -0.05) is 55.0 Å². The highest BCUT2D eigenvalue weighted by Crippen LogP contribution is 2.23.